The number of hydrogen-bond donors (Lipinski definition) is 1. The molecule has 0 saturated heterocycles. The predicted octanol–water partition coefficient (Wildman–Crippen LogP) is 4.63. The smallest absolute Gasteiger partial charge is 0.135 e. The second kappa shape index (κ2) is 5.81. The molecule has 0 radical (unpaired) electrons. The standard InChI is InChI=1S/C16H18ClNO/c17-15-8-4-3-7-14(15)16-10-9-13(19-16)11-18-12-5-1-2-6-12/h3-4,7-10,12,18H,1-2,5-6,11H2. The van der Waals surface area contributed by atoms with E-state index >= 15 is 0 Å². The van der Waals surface area contributed by atoms with Crippen molar-refractivity contribution in [3.05, 3.63) is 47.2 Å². The Bertz CT molecular complexity index is 543. The summed E-state index contributed by atoms with van der Waals surface area (Å²) < 4.78 is 5.86. The lowest BCUT2D eigenvalue weighted by atomic mass is 10.2. The van der Waals surface area contributed by atoms with Crippen LogP contribution in [0.4, 0.5) is 0 Å². The fourth-order valence-electron chi connectivity index (χ4n) is 2.65. The van der Waals surface area contributed by atoms with Crippen LogP contribution in [0.5, 0.6) is 0 Å². The molecule has 2 aromatic rings. The van der Waals surface area contributed by atoms with Gasteiger partial charge in [-0.2, -0.15) is 0 Å². The van der Waals surface area contributed by atoms with Crippen molar-refractivity contribution < 1.29 is 4.42 Å². The number of rotatable bonds is 4. The van der Waals surface area contributed by atoms with E-state index in [0.29, 0.717) is 6.04 Å². The first-order valence-corrected chi connectivity index (χ1v) is 7.28. The lowest BCUT2D eigenvalue weighted by Crippen LogP contribution is -2.24. The van der Waals surface area contributed by atoms with Crippen molar-refractivity contribution in [2.24, 2.45) is 0 Å². The molecule has 3 rings (SSSR count). The van der Waals surface area contributed by atoms with Crippen LogP contribution in [0.25, 0.3) is 11.3 Å². The molecule has 0 unspecified atom stereocenters. The molecule has 1 aromatic heterocycles. The maximum atomic E-state index is 6.17. The van der Waals surface area contributed by atoms with E-state index in [1.165, 1.54) is 25.7 Å². The van der Waals surface area contributed by atoms with Crippen LogP contribution < -0.4 is 5.32 Å². The maximum absolute atomic E-state index is 6.17. The largest absolute Gasteiger partial charge is 0.460 e. The van der Waals surface area contributed by atoms with Crippen molar-refractivity contribution in [1.29, 1.82) is 0 Å². The second-order valence-corrected chi connectivity index (χ2v) is 5.52. The number of furan rings is 1. The minimum absolute atomic E-state index is 0.661. The van der Waals surface area contributed by atoms with Crippen LogP contribution in [-0.2, 0) is 6.54 Å². The number of nitrogens with one attached hydrogen (secondary N) is 1. The summed E-state index contributed by atoms with van der Waals surface area (Å²) in [6.07, 6.45) is 5.28. The second-order valence-electron chi connectivity index (χ2n) is 5.11. The van der Waals surface area contributed by atoms with Crippen molar-refractivity contribution in [1.82, 2.24) is 5.32 Å². The minimum Gasteiger partial charge on any atom is -0.460 e. The first-order valence-electron chi connectivity index (χ1n) is 6.90. The van der Waals surface area contributed by atoms with E-state index in [2.05, 4.69) is 5.32 Å². The van der Waals surface area contributed by atoms with Crippen molar-refractivity contribution in [3.63, 3.8) is 0 Å². The molecule has 0 spiro atoms. The topological polar surface area (TPSA) is 25.2 Å². The van der Waals surface area contributed by atoms with E-state index in [1.54, 1.807) is 0 Å². The van der Waals surface area contributed by atoms with Gasteiger partial charge in [-0.3, -0.25) is 0 Å². The summed E-state index contributed by atoms with van der Waals surface area (Å²) in [6, 6.07) is 12.4. The molecule has 3 heteroatoms. The maximum Gasteiger partial charge on any atom is 0.135 e. The van der Waals surface area contributed by atoms with Gasteiger partial charge in [-0.1, -0.05) is 36.6 Å². The third-order valence-electron chi connectivity index (χ3n) is 3.72. The number of benzene rings is 1. The Labute approximate surface area is 118 Å². The Kier molecular flexibility index (Phi) is 3.90. The van der Waals surface area contributed by atoms with Crippen LogP contribution in [0.15, 0.2) is 40.8 Å². The highest BCUT2D eigenvalue weighted by molar-refractivity contribution is 6.33. The van der Waals surface area contributed by atoms with E-state index in [9.17, 15) is 0 Å². The quantitative estimate of drug-likeness (QED) is 0.880. The molecule has 1 aliphatic carbocycles. The monoisotopic (exact) mass is 275 g/mol. The first-order chi connectivity index (χ1) is 9.33. The lowest BCUT2D eigenvalue weighted by molar-refractivity contribution is 0.452. The van der Waals surface area contributed by atoms with Crippen LogP contribution in [0.2, 0.25) is 5.02 Å². The SMILES string of the molecule is Clc1ccccc1-c1ccc(CNC2CCCC2)o1. The number of hydrogen-bond acceptors (Lipinski definition) is 2. The van der Waals surface area contributed by atoms with Gasteiger partial charge in [0.15, 0.2) is 0 Å². The van der Waals surface area contributed by atoms with E-state index < -0.39 is 0 Å². The summed E-state index contributed by atoms with van der Waals surface area (Å²) >= 11 is 6.17. The molecule has 0 amide bonds. The van der Waals surface area contributed by atoms with Crippen LogP contribution in [0.1, 0.15) is 31.4 Å². The molecule has 1 saturated carbocycles. The Balaban J connectivity index is 1.67. The predicted molar refractivity (Wildman–Crippen MR) is 78.2 cm³/mol. The lowest BCUT2D eigenvalue weighted by Gasteiger charge is -2.09. The molecule has 1 heterocycles. The zero-order chi connectivity index (χ0) is 13.1. The molecule has 2 nitrogen and oxygen atoms in total. The molecule has 1 N–H and O–H groups in total. The van der Waals surface area contributed by atoms with E-state index in [-0.39, 0.29) is 0 Å². The molecule has 1 aromatic carbocycles. The van der Waals surface area contributed by atoms with Crippen LogP contribution in [-0.4, -0.2) is 6.04 Å². The summed E-state index contributed by atoms with van der Waals surface area (Å²) in [4.78, 5) is 0. The highest BCUT2D eigenvalue weighted by Crippen LogP contribution is 2.29. The molecule has 0 bridgehead atoms. The molecule has 100 valence electrons. The summed E-state index contributed by atoms with van der Waals surface area (Å²) in [7, 11) is 0. The van der Waals surface area contributed by atoms with Crippen molar-refractivity contribution in [3.8, 4) is 11.3 Å². The van der Waals surface area contributed by atoms with Gasteiger partial charge in [0.05, 0.1) is 11.6 Å². The zero-order valence-electron chi connectivity index (χ0n) is 10.9. The Hall–Kier alpha value is -1.25. The van der Waals surface area contributed by atoms with E-state index in [1.807, 2.05) is 36.4 Å². The normalized spacial score (nSPS) is 16.1. The van der Waals surface area contributed by atoms with Crippen molar-refractivity contribution in [2.45, 2.75) is 38.3 Å². The van der Waals surface area contributed by atoms with E-state index in [4.69, 9.17) is 16.0 Å². The molecule has 0 aliphatic heterocycles. The third kappa shape index (κ3) is 3.02. The highest BCUT2D eigenvalue weighted by Gasteiger charge is 2.15. The highest BCUT2D eigenvalue weighted by atomic mass is 35.5. The first kappa shape index (κ1) is 12.8. The molecular formula is C16H18ClNO. The third-order valence-corrected chi connectivity index (χ3v) is 4.05. The van der Waals surface area contributed by atoms with Gasteiger partial charge in [0.1, 0.15) is 11.5 Å². The summed E-state index contributed by atoms with van der Waals surface area (Å²) in [5.74, 6) is 1.82. The van der Waals surface area contributed by atoms with Gasteiger partial charge in [-0.05, 0) is 37.1 Å². The van der Waals surface area contributed by atoms with Crippen molar-refractivity contribution in [2.75, 3.05) is 0 Å². The fraction of sp³-hybridized carbons (Fsp3) is 0.375. The summed E-state index contributed by atoms with van der Waals surface area (Å²) in [5.41, 5.74) is 0.955. The van der Waals surface area contributed by atoms with Gasteiger partial charge in [-0.25, -0.2) is 0 Å². The molecular weight excluding hydrogens is 258 g/mol. The van der Waals surface area contributed by atoms with Gasteiger partial charge in [0.25, 0.3) is 0 Å². The van der Waals surface area contributed by atoms with Gasteiger partial charge in [0, 0.05) is 11.6 Å². The molecule has 1 aliphatic rings. The van der Waals surface area contributed by atoms with Gasteiger partial charge >= 0.3 is 0 Å². The van der Waals surface area contributed by atoms with Crippen LogP contribution in [0, 0.1) is 0 Å². The van der Waals surface area contributed by atoms with Crippen molar-refractivity contribution >= 4 is 11.6 Å². The zero-order valence-corrected chi connectivity index (χ0v) is 11.6. The average molecular weight is 276 g/mol. The Morgan fingerprint density at radius 2 is 1.89 bits per heavy atom. The fourth-order valence-corrected chi connectivity index (χ4v) is 2.88. The Morgan fingerprint density at radius 3 is 2.68 bits per heavy atom. The average Bonchev–Trinajstić information content (AvgIpc) is 3.08. The molecule has 0 atom stereocenters. The number of halogens is 1. The molecule has 19 heavy (non-hydrogen) atoms. The summed E-state index contributed by atoms with van der Waals surface area (Å²) in [5, 5.41) is 4.28. The van der Waals surface area contributed by atoms with Crippen LogP contribution in [0.3, 0.4) is 0 Å². The molecule has 1 fully saturated rings. The van der Waals surface area contributed by atoms with Gasteiger partial charge < -0.3 is 9.73 Å². The van der Waals surface area contributed by atoms with Gasteiger partial charge in [0.2, 0.25) is 0 Å². The summed E-state index contributed by atoms with van der Waals surface area (Å²) in [6.45, 7) is 0.801. The Morgan fingerprint density at radius 1 is 1.11 bits per heavy atom. The van der Waals surface area contributed by atoms with E-state index in [0.717, 1.165) is 28.7 Å². The van der Waals surface area contributed by atoms with Gasteiger partial charge in [-0.15, -0.1) is 0 Å². The minimum atomic E-state index is 0.661. The van der Waals surface area contributed by atoms with Crippen LogP contribution >= 0.6 is 11.6 Å².